The number of likely N-dealkylation sites (N-methyl/N-ethyl adjacent to an activating group) is 1. The van der Waals surface area contributed by atoms with Crippen LogP contribution in [0.15, 0.2) is 54.6 Å². The van der Waals surface area contributed by atoms with E-state index in [1.54, 1.807) is 13.0 Å². The minimum Gasteiger partial charge on any atom is -0.369 e. The third kappa shape index (κ3) is 6.43. The minimum absolute atomic E-state index is 0.242. The maximum atomic E-state index is 12.6. The average molecular weight is 421 g/mol. The SMILES string of the molecule is CCN1CCN(c2ccc(NC(=O)C(C)NC(=O)/C=C/c3ccccc3)c(C)c2)CC1. The third-order valence-electron chi connectivity index (χ3n) is 5.63. The topological polar surface area (TPSA) is 64.7 Å². The largest absolute Gasteiger partial charge is 0.369 e. The summed E-state index contributed by atoms with van der Waals surface area (Å²) in [4.78, 5) is 29.5. The number of benzene rings is 2. The molecule has 1 heterocycles. The fraction of sp³-hybridized carbons (Fsp3) is 0.360. The van der Waals surface area contributed by atoms with Gasteiger partial charge in [-0.15, -0.1) is 0 Å². The van der Waals surface area contributed by atoms with Gasteiger partial charge in [-0.25, -0.2) is 0 Å². The highest BCUT2D eigenvalue weighted by Gasteiger charge is 2.18. The van der Waals surface area contributed by atoms with E-state index < -0.39 is 6.04 Å². The second-order valence-corrected chi connectivity index (χ2v) is 7.88. The number of rotatable bonds is 7. The van der Waals surface area contributed by atoms with Gasteiger partial charge in [0.1, 0.15) is 6.04 Å². The van der Waals surface area contributed by atoms with Gasteiger partial charge in [-0.05, 0) is 55.8 Å². The van der Waals surface area contributed by atoms with E-state index in [0.29, 0.717) is 0 Å². The molecule has 0 aromatic heterocycles. The highest BCUT2D eigenvalue weighted by molar-refractivity contribution is 6.00. The lowest BCUT2D eigenvalue weighted by molar-refractivity contribution is -0.123. The standard InChI is InChI=1S/C25H32N4O2/c1-4-28-14-16-29(17-15-28)22-11-12-23(19(2)18-22)27-25(31)20(3)26-24(30)13-10-21-8-6-5-7-9-21/h5-13,18,20H,4,14-17H2,1-3H3,(H,26,30)(H,27,31)/b13-10+. The Balaban J connectivity index is 1.53. The van der Waals surface area contributed by atoms with E-state index in [-0.39, 0.29) is 11.8 Å². The molecule has 1 saturated heterocycles. The van der Waals surface area contributed by atoms with Crippen molar-refractivity contribution in [3.63, 3.8) is 0 Å². The molecule has 164 valence electrons. The van der Waals surface area contributed by atoms with Gasteiger partial charge < -0.3 is 20.4 Å². The molecule has 2 aromatic rings. The predicted molar refractivity (Wildman–Crippen MR) is 127 cm³/mol. The van der Waals surface area contributed by atoms with Crippen LogP contribution in [0.25, 0.3) is 6.08 Å². The van der Waals surface area contributed by atoms with Crippen molar-refractivity contribution in [2.24, 2.45) is 0 Å². The molecular formula is C25H32N4O2. The smallest absolute Gasteiger partial charge is 0.246 e. The Morgan fingerprint density at radius 1 is 1.06 bits per heavy atom. The Morgan fingerprint density at radius 2 is 1.77 bits per heavy atom. The van der Waals surface area contributed by atoms with E-state index in [9.17, 15) is 9.59 Å². The second-order valence-electron chi connectivity index (χ2n) is 7.88. The van der Waals surface area contributed by atoms with Gasteiger partial charge in [-0.1, -0.05) is 37.3 Å². The molecule has 0 bridgehead atoms. The van der Waals surface area contributed by atoms with Crippen LogP contribution in [0.1, 0.15) is 25.0 Å². The zero-order valence-corrected chi connectivity index (χ0v) is 18.6. The van der Waals surface area contributed by atoms with Crippen molar-refractivity contribution in [1.29, 1.82) is 0 Å². The van der Waals surface area contributed by atoms with Gasteiger partial charge in [-0.3, -0.25) is 9.59 Å². The van der Waals surface area contributed by atoms with Crippen LogP contribution in [0.4, 0.5) is 11.4 Å². The lowest BCUT2D eigenvalue weighted by Gasteiger charge is -2.35. The maximum absolute atomic E-state index is 12.6. The summed E-state index contributed by atoms with van der Waals surface area (Å²) in [7, 11) is 0. The number of aryl methyl sites for hydroxylation is 1. The molecular weight excluding hydrogens is 388 g/mol. The monoisotopic (exact) mass is 420 g/mol. The van der Waals surface area contributed by atoms with Crippen molar-refractivity contribution >= 4 is 29.3 Å². The summed E-state index contributed by atoms with van der Waals surface area (Å²) in [5.41, 5.74) is 3.88. The Bertz CT molecular complexity index is 918. The van der Waals surface area contributed by atoms with Crippen LogP contribution < -0.4 is 15.5 Å². The second kappa shape index (κ2) is 10.8. The van der Waals surface area contributed by atoms with Crippen LogP contribution in [0.2, 0.25) is 0 Å². The predicted octanol–water partition coefficient (Wildman–Crippen LogP) is 3.29. The summed E-state index contributed by atoms with van der Waals surface area (Å²) >= 11 is 0. The lowest BCUT2D eigenvalue weighted by atomic mass is 10.1. The Hall–Kier alpha value is -3.12. The first kappa shape index (κ1) is 22.6. The Morgan fingerprint density at radius 3 is 2.42 bits per heavy atom. The summed E-state index contributed by atoms with van der Waals surface area (Å²) in [5.74, 6) is -0.543. The quantitative estimate of drug-likeness (QED) is 0.675. The average Bonchev–Trinajstić information content (AvgIpc) is 2.79. The van der Waals surface area contributed by atoms with Crippen molar-refractivity contribution in [1.82, 2.24) is 10.2 Å². The molecule has 0 saturated carbocycles. The van der Waals surface area contributed by atoms with Gasteiger partial charge in [0.15, 0.2) is 0 Å². The van der Waals surface area contributed by atoms with Crippen molar-refractivity contribution in [2.45, 2.75) is 26.8 Å². The number of carbonyl (C=O) groups excluding carboxylic acids is 2. The molecule has 1 fully saturated rings. The van der Waals surface area contributed by atoms with Crippen molar-refractivity contribution in [3.8, 4) is 0 Å². The summed E-state index contributed by atoms with van der Waals surface area (Å²) in [6.45, 7) is 11.1. The molecule has 3 rings (SSSR count). The van der Waals surface area contributed by atoms with E-state index in [1.165, 1.54) is 11.8 Å². The molecule has 2 amide bonds. The first-order valence-electron chi connectivity index (χ1n) is 10.9. The van der Waals surface area contributed by atoms with Crippen LogP contribution >= 0.6 is 0 Å². The van der Waals surface area contributed by atoms with Crippen LogP contribution in [0, 0.1) is 6.92 Å². The molecule has 0 spiro atoms. The van der Waals surface area contributed by atoms with Crippen LogP contribution in [-0.2, 0) is 9.59 Å². The number of nitrogens with zero attached hydrogens (tertiary/aromatic N) is 2. The van der Waals surface area contributed by atoms with Crippen molar-refractivity contribution < 1.29 is 9.59 Å². The van der Waals surface area contributed by atoms with Crippen LogP contribution in [0.3, 0.4) is 0 Å². The lowest BCUT2D eigenvalue weighted by Crippen LogP contribution is -2.46. The fourth-order valence-corrected chi connectivity index (χ4v) is 3.61. The third-order valence-corrected chi connectivity index (χ3v) is 5.63. The maximum Gasteiger partial charge on any atom is 0.246 e. The summed E-state index contributed by atoms with van der Waals surface area (Å²) < 4.78 is 0. The number of hydrogen-bond acceptors (Lipinski definition) is 4. The number of anilines is 2. The summed E-state index contributed by atoms with van der Waals surface area (Å²) in [6.07, 6.45) is 3.17. The van der Waals surface area contributed by atoms with Gasteiger partial charge in [0.25, 0.3) is 0 Å². The zero-order valence-electron chi connectivity index (χ0n) is 18.6. The van der Waals surface area contributed by atoms with Gasteiger partial charge in [0.05, 0.1) is 0 Å². The number of hydrogen-bond donors (Lipinski definition) is 2. The summed E-state index contributed by atoms with van der Waals surface area (Å²) in [6, 6.07) is 15.0. The molecule has 2 aromatic carbocycles. The molecule has 31 heavy (non-hydrogen) atoms. The van der Waals surface area contributed by atoms with E-state index >= 15 is 0 Å². The molecule has 6 heteroatoms. The molecule has 2 N–H and O–H groups in total. The fourth-order valence-electron chi connectivity index (χ4n) is 3.61. The molecule has 6 nitrogen and oxygen atoms in total. The van der Waals surface area contributed by atoms with Crippen LogP contribution in [-0.4, -0.2) is 55.5 Å². The van der Waals surface area contributed by atoms with Gasteiger partial charge in [0.2, 0.25) is 11.8 Å². The van der Waals surface area contributed by atoms with Gasteiger partial charge in [-0.2, -0.15) is 0 Å². The van der Waals surface area contributed by atoms with E-state index in [4.69, 9.17) is 0 Å². The molecule has 1 aliphatic heterocycles. The Labute approximate surface area is 184 Å². The first-order valence-corrected chi connectivity index (χ1v) is 10.9. The summed E-state index contributed by atoms with van der Waals surface area (Å²) in [5, 5.41) is 5.64. The van der Waals surface area contributed by atoms with E-state index in [0.717, 1.165) is 49.5 Å². The number of nitrogens with one attached hydrogen (secondary N) is 2. The van der Waals surface area contributed by atoms with E-state index in [2.05, 4.69) is 39.5 Å². The highest BCUT2D eigenvalue weighted by Crippen LogP contribution is 2.24. The Kier molecular flexibility index (Phi) is 7.84. The molecule has 0 radical (unpaired) electrons. The van der Waals surface area contributed by atoms with Gasteiger partial charge >= 0.3 is 0 Å². The van der Waals surface area contributed by atoms with Crippen LogP contribution in [0.5, 0.6) is 0 Å². The number of carbonyl (C=O) groups is 2. The normalized spacial score (nSPS) is 15.6. The van der Waals surface area contributed by atoms with E-state index in [1.807, 2.05) is 43.3 Å². The molecule has 1 atom stereocenters. The number of piperazine rings is 1. The number of amides is 2. The highest BCUT2D eigenvalue weighted by atomic mass is 16.2. The van der Waals surface area contributed by atoms with Crippen molar-refractivity contribution in [2.75, 3.05) is 42.9 Å². The first-order chi connectivity index (χ1) is 15.0. The molecule has 1 aliphatic rings. The van der Waals surface area contributed by atoms with Gasteiger partial charge in [0, 0.05) is 43.6 Å². The zero-order chi connectivity index (χ0) is 22.2. The minimum atomic E-state index is -0.644. The molecule has 1 unspecified atom stereocenters. The van der Waals surface area contributed by atoms with Crippen molar-refractivity contribution in [3.05, 3.63) is 65.7 Å². The molecule has 0 aliphatic carbocycles.